The Balaban J connectivity index is 0.00000169. The van der Waals surface area contributed by atoms with Crippen molar-refractivity contribution in [3.05, 3.63) is 65.6 Å². The summed E-state index contributed by atoms with van der Waals surface area (Å²) in [4.78, 5) is 2.41. The van der Waals surface area contributed by atoms with Gasteiger partial charge in [0.15, 0.2) is 0 Å². The highest BCUT2D eigenvalue weighted by atomic mass is 35.5. The average Bonchev–Trinajstić information content (AvgIpc) is 3.03. The second-order valence-corrected chi connectivity index (χ2v) is 6.04. The van der Waals surface area contributed by atoms with Crippen molar-refractivity contribution < 1.29 is 4.39 Å². The number of rotatable bonds is 3. The van der Waals surface area contributed by atoms with Gasteiger partial charge in [-0.3, -0.25) is 10.00 Å². The molecule has 0 spiro atoms. The number of benzene rings is 2. The monoisotopic (exact) mass is 346 g/mol. The molecule has 2 aromatic carbocycles. The van der Waals surface area contributed by atoms with E-state index in [2.05, 4.69) is 38.6 Å². The van der Waals surface area contributed by atoms with Gasteiger partial charge in [-0.2, -0.15) is 5.10 Å². The number of aromatic nitrogens is 2. The Labute approximate surface area is 146 Å². The van der Waals surface area contributed by atoms with E-state index in [-0.39, 0.29) is 24.3 Å². The fourth-order valence-corrected chi connectivity index (χ4v) is 3.30. The van der Waals surface area contributed by atoms with Crippen LogP contribution >= 0.6 is 12.4 Å². The van der Waals surface area contributed by atoms with Crippen LogP contribution in [0.1, 0.15) is 17.2 Å². The minimum Gasteiger partial charge on any atom is -0.314 e. The quantitative estimate of drug-likeness (QED) is 0.765. The van der Waals surface area contributed by atoms with E-state index in [1.54, 1.807) is 12.1 Å². The number of nitrogens with zero attached hydrogens (tertiary/aromatic N) is 2. The van der Waals surface area contributed by atoms with Gasteiger partial charge in [-0.1, -0.05) is 24.3 Å². The molecule has 1 fully saturated rings. The van der Waals surface area contributed by atoms with Crippen LogP contribution in [0.2, 0.25) is 0 Å². The Morgan fingerprint density at radius 2 is 2.12 bits per heavy atom. The van der Waals surface area contributed by atoms with Gasteiger partial charge >= 0.3 is 0 Å². The molecule has 6 heteroatoms. The van der Waals surface area contributed by atoms with Crippen molar-refractivity contribution >= 4 is 23.3 Å². The predicted molar refractivity (Wildman–Crippen MR) is 95.8 cm³/mol. The van der Waals surface area contributed by atoms with Crippen molar-refractivity contribution in [1.82, 2.24) is 20.4 Å². The van der Waals surface area contributed by atoms with Gasteiger partial charge in [0, 0.05) is 37.6 Å². The fraction of sp³-hybridized carbons (Fsp3) is 0.278. The normalized spacial score (nSPS) is 18.5. The molecule has 2 N–H and O–H groups in total. The summed E-state index contributed by atoms with van der Waals surface area (Å²) < 4.78 is 13.6. The maximum absolute atomic E-state index is 13.6. The first kappa shape index (κ1) is 16.9. The zero-order valence-electron chi connectivity index (χ0n) is 13.2. The molecule has 3 aromatic rings. The lowest BCUT2D eigenvalue weighted by Gasteiger charge is -2.36. The Morgan fingerprint density at radius 3 is 3.00 bits per heavy atom. The van der Waals surface area contributed by atoms with E-state index in [0.717, 1.165) is 42.6 Å². The Kier molecular flexibility index (Phi) is 5.14. The summed E-state index contributed by atoms with van der Waals surface area (Å²) >= 11 is 0. The zero-order valence-corrected chi connectivity index (χ0v) is 14.0. The van der Waals surface area contributed by atoms with Gasteiger partial charge in [-0.05, 0) is 29.3 Å². The average molecular weight is 347 g/mol. The lowest BCUT2D eigenvalue weighted by molar-refractivity contribution is 0.153. The van der Waals surface area contributed by atoms with Gasteiger partial charge in [-0.25, -0.2) is 4.39 Å². The molecule has 1 atom stereocenters. The van der Waals surface area contributed by atoms with Crippen molar-refractivity contribution in [2.24, 2.45) is 0 Å². The first-order valence-corrected chi connectivity index (χ1v) is 7.92. The van der Waals surface area contributed by atoms with Crippen LogP contribution in [-0.2, 0) is 6.54 Å². The van der Waals surface area contributed by atoms with E-state index in [9.17, 15) is 4.39 Å². The number of aromatic amines is 1. The van der Waals surface area contributed by atoms with Crippen LogP contribution in [-0.4, -0.2) is 34.7 Å². The molecule has 4 nitrogen and oxygen atoms in total. The molecular weight excluding hydrogens is 327 g/mol. The first-order chi connectivity index (χ1) is 11.3. The second kappa shape index (κ2) is 7.30. The summed E-state index contributed by atoms with van der Waals surface area (Å²) in [5.74, 6) is -0.174. The number of H-pyrrole nitrogens is 1. The Bertz CT molecular complexity index is 819. The number of hydrogen-bond donors (Lipinski definition) is 2. The summed E-state index contributed by atoms with van der Waals surface area (Å²) in [6, 6.07) is 13.5. The third-order valence-electron chi connectivity index (χ3n) is 4.48. The summed E-state index contributed by atoms with van der Waals surface area (Å²) in [7, 11) is 0. The molecule has 0 amide bonds. The topological polar surface area (TPSA) is 44.0 Å². The number of fused-ring (bicyclic) bond motifs is 1. The molecule has 1 aliphatic rings. The first-order valence-electron chi connectivity index (χ1n) is 7.92. The molecule has 0 saturated carbocycles. The van der Waals surface area contributed by atoms with E-state index >= 15 is 0 Å². The van der Waals surface area contributed by atoms with Crippen molar-refractivity contribution in [2.75, 3.05) is 19.6 Å². The van der Waals surface area contributed by atoms with Crippen LogP contribution in [0, 0.1) is 5.82 Å². The minimum atomic E-state index is -0.174. The molecule has 1 aliphatic heterocycles. The molecule has 126 valence electrons. The van der Waals surface area contributed by atoms with Crippen molar-refractivity contribution in [3.63, 3.8) is 0 Å². The largest absolute Gasteiger partial charge is 0.314 e. The van der Waals surface area contributed by atoms with Crippen LogP contribution < -0.4 is 5.32 Å². The van der Waals surface area contributed by atoms with Crippen LogP contribution in [0.3, 0.4) is 0 Å². The highest BCUT2D eigenvalue weighted by Crippen LogP contribution is 2.25. The highest BCUT2D eigenvalue weighted by Gasteiger charge is 2.24. The summed E-state index contributed by atoms with van der Waals surface area (Å²) in [6.45, 7) is 3.59. The maximum Gasteiger partial charge on any atom is 0.123 e. The second-order valence-electron chi connectivity index (χ2n) is 6.04. The molecule has 1 unspecified atom stereocenters. The molecule has 24 heavy (non-hydrogen) atoms. The lowest BCUT2D eigenvalue weighted by Crippen LogP contribution is -2.45. The SMILES string of the molecule is Cl.Fc1cccc(C2CNCCN2Cc2ccc3cn[nH]c3c2)c1. The Hall–Kier alpha value is -1.95. The summed E-state index contributed by atoms with van der Waals surface area (Å²) in [6.07, 6.45) is 1.83. The molecule has 4 rings (SSSR count). The number of hydrogen-bond acceptors (Lipinski definition) is 3. The molecule has 0 aliphatic carbocycles. The lowest BCUT2D eigenvalue weighted by atomic mass is 10.0. The van der Waals surface area contributed by atoms with E-state index in [1.807, 2.05) is 12.3 Å². The molecule has 2 heterocycles. The van der Waals surface area contributed by atoms with Crippen LogP contribution in [0.25, 0.3) is 10.9 Å². The third-order valence-corrected chi connectivity index (χ3v) is 4.48. The van der Waals surface area contributed by atoms with Gasteiger partial charge in [0.25, 0.3) is 0 Å². The molecule has 0 radical (unpaired) electrons. The molecular formula is C18H20ClFN4. The van der Waals surface area contributed by atoms with Crippen LogP contribution in [0.5, 0.6) is 0 Å². The zero-order chi connectivity index (χ0) is 15.6. The van der Waals surface area contributed by atoms with E-state index in [0.29, 0.717) is 0 Å². The standard InChI is InChI=1S/C18H19FN4.ClH/c19-16-3-1-2-14(9-16)18-11-20-6-7-23(18)12-13-4-5-15-10-21-22-17(15)8-13;/h1-5,8-10,18,20H,6-7,11-12H2,(H,21,22);1H. The molecule has 1 aromatic heterocycles. The Morgan fingerprint density at radius 1 is 1.21 bits per heavy atom. The number of halogens is 2. The van der Waals surface area contributed by atoms with Gasteiger partial charge in [0.2, 0.25) is 0 Å². The van der Waals surface area contributed by atoms with Crippen molar-refractivity contribution in [3.8, 4) is 0 Å². The molecule has 0 bridgehead atoms. The van der Waals surface area contributed by atoms with Crippen molar-refractivity contribution in [1.29, 1.82) is 0 Å². The maximum atomic E-state index is 13.6. The van der Waals surface area contributed by atoms with E-state index < -0.39 is 0 Å². The highest BCUT2D eigenvalue weighted by molar-refractivity contribution is 5.85. The van der Waals surface area contributed by atoms with Gasteiger partial charge < -0.3 is 5.32 Å². The third kappa shape index (κ3) is 3.43. The summed E-state index contributed by atoms with van der Waals surface area (Å²) in [5, 5.41) is 11.6. The molecule has 1 saturated heterocycles. The number of nitrogens with one attached hydrogen (secondary N) is 2. The van der Waals surface area contributed by atoms with Gasteiger partial charge in [0.05, 0.1) is 11.7 Å². The minimum absolute atomic E-state index is 0. The van der Waals surface area contributed by atoms with Crippen LogP contribution in [0.15, 0.2) is 48.7 Å². The summed E-state index contributed by atoms with van der Waals surface area (Å²) in [5.41, 5.74) is 3.32. The predicted octanol–water partition coefficient (Wildman–Crippen LogP) is 3.27. The fourth-order valence-electron chi connectivity index (χ4n) is 3.30. The smallest absolute Gasteiger partial charge is 0.123 e. The van der Waals surface area contributed by atoms with Crippen LogP contribution in [0.4, 0.5) is 4.39 Å². The van der Waals surface area contributed by atoms with Crippen molar-refractivity contribution in [2.45, 2.75) is 12.6 Å². The van der Waals surface area contributed by atoms with Gasteiger partial charge in [-0.15, -0.1) is 12.4 Å². The number of piperazine rings is 1. The van der Waals surface area contributed by atoms with E-state index in [1.165, 1.54) is 11.6 Å². The van der Waals surface area contributed by atoms with E-state index in [4.69, 9.17) is 0 Å². The van der Waals surface area contributed by atoms with Gasteiger partial charge in [0.1, 0.15) is 5.82 Å².